The Balaban J connectivity index is 1.99. The van der Waals surface area contributed by atoms with Gasteiger partial charge in [-0.2, -0.15) is 5.10 Å². The first-order valence-corrected chi connectivity index (χ1v) is 7.63. The average Bonchev–Trinajstić information content (AvgIpc) is 2.91. The zero-order chi connectivity index (χ0) is 13.6. The van der Waals surface area contributed by atoms with Gasteiger partial charge < -0.3 is 5.73 Å². The Morgan fingerprint density at radius 1 is 1.26 bits per heavy atom. The molecular weight excluding hydrogens is 256 g/mol. The molecule has 102 valence electrons. The van der Waals surface area contributed by atoms with Crippen molar-refractivity contribution in [2.75, 3.05) is 0 Å². The van der Waals surface area contributed by atoms with Gasteiger partial charge in [0.25, 0.3) is 0 Å². The van der Waals surface area contributed by atoms with Crippen LogP contribution in [0.2, 0.25) is 0 Å². The second-order valence-electron chi connectivity index (χ2n) is 5.31. The number of hydrogen-bond donors (Lipinski definition) is 1. The molecule has 2 aromatic rings. The Labute approximate surface area is 117 Å². The van der Waals surface area contributed by atoms with Crippen molar-refractivity contribution in [2.45, 2.75) is 45.6 Å². The van der Waals surface area contributed by atoms with Crippen molar-refractivity contribution in [2.24, 2.45) is 12.8 Å². The van der Waals surface area contributed by atoms with Gasteiger partial charge in [0.15, 0.2) is 0 Å². The van der Waals surface area contributed by atoms with Crippen molar-refractivity contribution in [1.82, 2.24) is 14.8 Å². The normalized spacial score (nSPS) is 16.4. The minimum absolute atomic E-state index is 0.135. The highest BCUT2D eigenvalue weighted by Gasteiger charge is 2.23. The van der Waals surface area contributed by atoms with Gasteiger partial charge in [-0.25, -0.2) is 4.98 Å². The lowest BCUT2D eigenvalue weighted by atomic mass is 10.0. The third-order valence-corrected chi connectivity index (χ3v) is 5.24. The fourth-order valence-corrected chi connectivity index (χ4v) is 4.03. The minimum Gasteiger partial charge on any atom is -0.318 e. The lowest BCUT2D eigenvalue weighted by molar-refractivity contribution is 0.678. The molecule has 0 saturated heterocycles. The molecule has 1 unspecified atom stereocenters. The second-order valence-corrected chi connectivity index (χ2v) is 6.43. The van der Waals surface area contributed by atoms with E-state index in [-0.39, 0.29) is 6.04 Å². The van der Waals surface area contributed by atoms with Crippen molar-refractivity contribution < 1.29 is 0 Å². The first-order valence-electron chi connectivity index (χ1n) is 6.82. The standard InChI is InChI=1S/C14H20N4S/c1-8-12(9(2)18(3)17-8)13(15)14-16-10-6-4-5-7-11(10)19-14/h13H,4-7,15H2,1-3H3. The summed E-state index contributed by atoms with van der Waals surface area (Å²) >= 11 is 1.79. The van der Waals surface area contributed by atoms with Crippen LogP contribution in [0.5, 0.6) is 0 Å². The smallest absolute Gasteiger partial charge is 0.115 e. The lowest BCUT2D eigenvalue weighted by Crippen LogP contribution is -2.14. The molecule has 2 N–H and O–H groups in total. The van der Waals surface area contributed by atoms with E-state index in [0.29, 0.717) is 0 Å². The Morgan fingerprint density at radius 3 is 2.63 bits per heavy atom. The highest BCUT2D eigenvalue weighted by Crippen LogP contribution is 2.33. The van der Waals surface area contributed by atoms with Crippen molar-refractivity contribution >= 4 is 11.3 Å². The topological polar surface area (TPSA) is 56.7 Å². The molecule has 5 heteroatoms. The van der Waals surface area contributed by atoms with E-state index in [1.165, 1.54) is 29.8 Å². The molecule has 0 amide bonds. The molecule has 0 radical (unpaired) electrons. The Hall–Kier alpha value is -1.20. The maximum absolute atomic E-state index is 6.44. The summed E-state index contributed by atoms with van der Waals surface area (Å²) in [4.78, 5) is 6.22. The van der Waals surface area contributed by atoms with Gasteiger partial charge in [-0.05, 0) is 39.5 Å². The highest BCUT2D eigenvalue weighted by molar-refractivity contribution is 7.11. The monoisotopic (exact) mass is 276 g/mol. The SMILES string of the molecule is Cc1nn(C)c(C)c1C(N)c1nc2c(s1)CCCC2. The summed E-state index contributed by atoms with van der Waals surface area (Å²) in [5.74, 6) is 0. The molecule has 1 aliphatic rings. The van der Waals surface area contributed by atoms with Crippen molar-refractivity contribution in [3.8, 4) is 0 Å². The summed E-state index contributed by atoms with van der Waals surface area (Å²) in [5.41, 5.74) is 11.0. The highest BCUT2D eigenvalue weighted by atomic mass is 32.1. The van der Waals surface area contributed by atoms with Crippen LogP contribution >= 0.6 is 11.3 Å². The number of thiazole rings is 1. The number of aromatic nitrogens is 3. The predicted octanol–water partition coefficient (Wildman–Crippen LogP) is 2.42. The van der Waals surface area contributed by atoms with Crippen LogP contribution in [0.1, 0.15) is 51.4 Å². The van der Waals surface area contributed by atoms with Crippen LogP contribution in [0.25, 0.3) is 0 Å². The van der Waals surface area contributed by atoms with Crippen LogP contribution in [0.4, 0.5) is 0 Å². The third-order valence-electron chi connectivity index (χ3n) is 4.00. The van der Waals surface area contributed by atoms with Crippen LogP contribution in [-0.2, 0) is 19.9 Å². The molecule has 0 saturated carbocycles. The largest absolute Gasteiger partial charge is 0.318 e. The van der Waals surface area contributed by atoms with Gasteiger partial charge in [-0.1, -0.05) is 0 Å². The molecular formula is C14H20N4S. The summed E-state index contributed by atoms with van der Waals surface area (Å²) in [6.45, 7) is 4.10. The summed E-state index contributed by atoms with van der Waals surface area (Å²) in [5, 5.41) is 5.50. The van der Waals surface area contributed by atoms with Crippen LogP contribution in [0.3, 0.4) is 0 Å². The van der Waals surface area contributed by atoms with Gasteiger partial charge in [0, 0.05) is 23.2 Å². The van der Waals surface area contributed by atoms with E-state index in [1.54, 1.807) is 11.3 Å². The van der Waals surface area contributed by atoms with E-state index in [4.69, 9.17) is 10.7 Å². The summed E-state index contributed by atoms with van der Waals surface area (Å²) in [6, 6.07) is -0.135. The van der Waals surface area contributed by atoms with Crippen molar-refractivity contribution in [1.29, 1.82) is 0 Å². The molecule has 0 spiro atoms. The summed E-state index contributed by atoms with van der Waals surface area (Å²) < 4.78 is 1.90. The number of nitrogens with zero attached hydrogens (tertiary/aromatic N) is 3. The fraction of sp³-hybridized carbons (Fsp3) is 0.571. The van der Waals surface area contributed by atoms with Gasteiger partial charge >= 0.3 is 0 Å². The third kappa shape index (κ3) is 2.11. The number of nitrogens with two attached hydrogens (primary N) is 1. The summed E-state index contributed by atoms with van der Waals surface area (Å²) in [6.07, 6.45) is 4.83. The average molecular weight is 276 g/mol. The van der Waals surface area contributed by atoms with Gasteiger partial charge in [-0.15, -0.1) is 11.3 Å². The van der Waals surface area contributed by atoms with E-state index < -0.39 is 0 Å². The van der Waals surface area contributed by atoms with Gasteiger partial charge in [-0.3, -0.25) is 4.68 Å². The quantitative estimate of drug-likeness (QED) is 0.916. The lowest BCUT2D eigenvalue weighted by Gasteiger charge is -2.09. The van der Waals surface area contributed by atoms with Gasteiger partial charge in [0.05, 0.1) is 17.4 Å². The molecule has 1 aliphatic carbocycles. The van der Waals surface area contributed by atoms with E-state index in [1.807, 2.05) is 18.7 Å². The van der Waals surface area contributed by atoms with E-state index in [0.717, 1.165) is 28.4 Å². The zero-order valence-corrected chi connectivity index (χ0v) is 12.5. The van der Waals surface area contributed by atoms with Crippen LogP contribution in [0.15, 0.2) is 0 Å². The minimum atomic E-state index is -0.135. The van der Waals surface area contributed by atoms with Crippen molar-refractivity contribution in [3.05, 3.63) is 32.5 Å². The first kappa shape index (κ1) is 12.8. The molecule has 2 aromatic heterocycles. The number of fused-ring (bicyclic) bond motifs is 1. The summed E-state index contributed by atoms with van der Waals surface area (Å²) in [7, 11) is 1.96. The molecule has 0 bridgehead atoms. The van der Waals surface area contributed by atoms with E-state index >= 15 is 0 Å². The number of aryl methyl sites for hydroxylation is 4. The van der Waals surface area contributed by atoms with Crippen molar-refractivity contribution in [3.63, 3.8) is 0 Å². The second kappa shape index (κ2) is 4.72. The molecule has 0 aliphatic heterocycles. The molecule has 19 heavy (non-hydrogen) atoms. The predicted molar refractivity (Wildman–Crippen MR) is 77.5 cm³/mol. The maximum Gasteiger partial charge on any atom is 0.115 e. The van der Waals surface area contributed by atoms with E-state index in [9.17, 15) is 0 Å². The van der Waals surface area contributed by atoms with Crippen LogP contribution < -0.4 is 5.73 Å². The molecule has 0 fully saturated rings. The fourth-order valence-electron chi connectivity index (χ4n) is 2.87. The Bertz CT molecular complexity index is 588. The maximum atomic E-state index is 6.44. The molecule has 3 rings (SSSR count). The van der Waals surface area contributed by atoms with E-state index in [2.05, 4.69) is 12.0 Å². The van der Waals surface area contributed by atoms with Gasteiger partial charge in [0.1, 0.15) is 5.01 Å². The first-order chi connectivity index (χ1) is 9.08. The van der Waals surface area contributed by atoms with Crippen LogP contribution in [0, 0.1) is 13.8 Å². The zero-order valence-electron chi connectivity index (χ0n) is 11.7. The molecule has 0 aromatic carbocycles. The van der Waals surface area contributed by atoms with Gasteiger partial charge in [0.2, 0.25) is 0 Å². The number of rotatable bonds is 2. The molecule has 4 nitrogen and oxygen atoms in total. The molecule has 1 atom stereocenters. The van der Waals surface area contributed by atoms with Crippen LogP contribution in [-0.4, -0.2) is 14.8 Å². The Morgan fingerprint density at radius 2 is 2.00 bits per heavy atom. The Kier molecular flexibility index (Phi) is 3.19. The number of hydrogen-bond acceptors (Lipinski definition) is 4. The molecule has 2 heterocycles.